The number of methoxy groups -OCH3 is 3. The Balaban J connectivity index is 0.000000619. The molecule has 14 heteroatoms. The van der Waals surface area contributed by atoms with Crippen molar-refractivity contribution in [2.45, 2.75) is 33.6 Å². The summed E-state index contributed by atoms with van der Waals surface area (Å²) in [6, 6.07) is 9.37. The molecule has 12 nitrogen and oxygen atoms in total. The molecule has 1 unspecified atom stereocenters. The number of hydrogen-bond donors (Lipinski definition) is 1. The van der Waals surface area contributed by atoms with Crippen LogP contribution in [0.3, 0.4) is 0 Å². The number of amides is 1. The zero-order valence-corrected chi connectivity index (χ0v) is 29.6. The second-order valence-corrected chi connectivity index (χ2v) is 10.6. The SMILES string of the molecule is CC(=[OH+])[CH-]C(C)=[OH+].CC(=[OH+])[CH-]C(C)=[OH+].COc1cc2cc(C(=O)N3CC(CCl)c4ccc([N-]CC[NH-])cc43)[nH]c2c(OC)c1OC.[Cr+5]. The number of nitrogens with zero attached hydrogens (tertiary/aromatic N) is 2. The van der Waals surface area contributed by atoms with Gasteiger partial charge in [0.1, 0.15) is 5.69 Å². The number of halogens is 1. The van der Waals surface area contributed by atoms with Crippen LogP contribution < -0.4 is 19.1 Å². The Morgan fingerprint density at radius 3 is 1.98 bits per heavy atom. The number of carbonyl (C=O) groups excluding carboxylic acids is 5. The fourth-order valence-corrected chi connectivity index (χ4v) is 5.01. The Hall–Kier alpha value is -4.15. The average molecular weight is 711 g/mol. The fourth-order valence-electron chi connectivity index (χ4n) is 4.75. The molecule has 0 saturated heterocycles. The number of anilines is 1. The van der Waals surface area contributed by atoms with E-state index in [1.165, 1.54) is 47.6 Å². The molecule has 4 rings (SSSR count). The maximum absolute atomic E-state index is 13.6. The molecule has 6 N–H and O–H groups in total. The standard InChI is InChI=1S/C23H25ClN4O4.2C5H7O2.Cr/c1-30-19-9-13-8-17(27-20(13)22(32-3)21(19)31-2)23(29)28-12-14(11-24)16-5-4-15(10-18(16)28)26-7-6-25;2*1-4(6)3-5(2)7;/h4-5,8-10,14,25H,6-7,11-12H2,1-3H3,(H,27,29);2*3H,1-2H3;/q-2;2*-1;+5/p+4. The molecule has 251 valence electrons. The number of H-pyrrole nitrogens is 1. The van der Waals surface area contributed by atoms with E-state index in [-0.39, 0.29) is 58.9 Å². The number of hydrogen-bond acceptors (Lipinski definition) is 4. The zero-order chi connectivity index (χ0) is 34.6. The van der Waals surface area contributed by atoms with Gasteiger partial charge in [0.15, 0.2) is 34.6 Å². The van der Waals surface area contributed by atoms with Gasteiger partial charge in [-0.1, -0.05) is 18.2 Å². The maximum Gasteiger partial charge on any atom is 5.00 e. The van der Waals surface area contributed by atoms with E-state index in [0.717, 1.165) is 22.3 Å². The topological polar surface area (TPSA) is 187 Å². The number of nitrogens with one attached hydrogen (secondary N) is 2. The molecule has 0 aliphatic carbocycles. The van der Waals surface area contributed by atoms with Crippen LogP contribution in [0.4, 0.5) is 11.4 Å². The van der Waals surface area contributed by atoms with Gasteiger partial charge in [-0.25, -0.2) is 0 Å². The van der Waals surface area contributed by atoms with Crippen LogP contribution in [0.5, 0.6) is 17.2 Å². The largest absolute Gasteiger partial charge is 5.00 e. The summed E-state index contributed by atoms with van der Waals surface area (Å²) < 4.78 is 16.4. The summed E-state index contributed by atoms with van der Waals surface area (Å²) in [6.45, 7) is 7.11. The van der Waals surface area contributed by atoms with E-state index in [2.05, 4.69) is 10.3 Å². The van der Waals surface area contributed by atoms with Crippen molar-refractivity contribution < 1.29 is 55.5 Å². The van der Waals surface area contributed by atoms with Gasteiger partial charge in [0, 0.05) is 57.1 Å². The molecule has 1 amide bonds. The van der Waals surface area contributed by atoms with E-state index < -0.39 is 0 Å². The number of rotatable bonds is 12. The number of benzene rings is 2. The van der Waals surface area contributed by atoms with Crippen LogP contribution in [0.2, 0.25) is 0 Å². The van der Waals surface area contributed by atoms with Crippen LogP contribution in [0, 0.1) is 12.8 Å². The Kier molecular flexibility index (Phi) is 17.0. The summed E-state index contributed by atoms with van der Waals surface area (Å²) in [7, 11) is 4.64. The van der Waals surface area contributed by atoms with Crippen molar-refractivity contribution in [2.75, 3.05) is 51.7 Å². The van der Waals surface area contributed by atoms with E-state index >= 15 is 0 Å². The molecule has 1 atom stereocenters. The van der Waals surface area contributed by atoms with E-state index in [0.29, 0.717) is 47.4 Å². The Bertz CT molecular complexity index is 1530. The Morgan fingerprint density at radius 1 is 0.957 bits per heavy atom. The van der Waals surface area contributed by atoms with E-state index in [4.69, 9.17) is 50.7 Å². The molecule has 47 heavy (non-hydrogen) atoms. The second-order valence-electron chi connectivity index (χ2n) is 10.3. The first-order valence-corrected chi connectivity index (χ1v) is 14.8. The molecule has 1 radical (unpaired) electrons. The van der Waals surface area contributed by atoms with Crippen molar-refractivity contribution in [3.8, 4) is 17.2 Å². The van der Waals surface area contributed by atoms with Crippen molar-refractivity contribution in [2.24, 2.45) is 0 Å². The summed E-state index contributed by atoms with van der Waals surface area (Å²) in [5.74, 6) is 2.22. The molecule has 1 aliphatic rings. The number of ketones is 4. The minimum atomic E-state index is -0.173. The molecule has 2 heterocycles. The molecule has 2 aromatic carbocycles. The average Bonchev–Trinajstić information content (AvgIpc) is 3.59. The van der Waals surface area contributed by atoms with Crippen molar-refractivity contribution in [1.29, 1.82) is 0 Å². The van der Waals surface area contributed by atoms with Gasteiger partial charge >= 0.3 is 17.4 Å². The maximum atomic E-state index is 13.6. The minimum Gasteiger partial charge on any atom is -0.686 e. The first-order valence-electron chi connectivity index (χ1n) is 14.3. The zero-order valence-electron chi connectivity index (χ0n) is 27.5. The molecular weight excluding hydrogens is 668 g/mol. The van der Waals surface area contributed by atoms with Crippen LogP contribution in [-0.2, 0) is 17.4 Å². The first-order chi connectivity index (χ1) is 21.8. The molecule has 0 spiro atoms. The van der Waals surface area contributed by atoms with Crippen molar-refractivity contribution in [3.63, 3.8) is 0 Å². The predicted molar refractivity (Wildman–Crippen MR) is 186 cm³/mol. The molecular formula is C33H43ClCrN4O8+5. The Labute approximate surface area is 290 Å². The van der Waals surface area contributed by atoms with Crippen molar-refractivity contribution in [3.05, 3.63) is 65.5 Å². The summed E-state index contributed by atoms with van der Waals surface area (Å²) in [4.78, 5) is 52.1. The minimum absolute atomic E-state index is 0. The quantitative estimate of drug-likeness (QED) is 0.107. The number of ether oxygens (including phenoxy) is 3. The number of aromatic amines is 1. The smallest absolute Gasteiger partial charge is 0.686 e. The number of carbonyl (C=O) groups is 1. The predicted octanol–water partition coefficient (Wildman–Crippen LogP) is 5.87. The van der Waals surface area contributed by atoms with Gasteiger partial charge in [-0.3, -0.25) is 4.79 Å². The monoisotopic (exact) mass is 710 g/mol. The van der Waals surface area contributed by atoms with Crippen LogP contribution in [0.25, 0.3) is 22.0 Å². The van der Waals surface area contributed by atoms with E-state index in [1.807, 2.05) is 18.2 Å². The molecule has 0 fully saturated rings. The van der Waals surface area contributed by atoms with Gasteiger partial charge in [0.2, 0.25) is 5.75 Å². The molecule has 1 aromatic heterocycles. The van der Waals surface area contributed by atoms with Crippen LogP contribution in [-0.4, -0.2) is 100 Å². The number of fused-ring (bicyclic) bond motifs is 2. The summed E-state index contributed by atoms with van der Waals surface area (Å²) >= 11 is 6.21. The number of alkyl halides is 1. The third-order valence-electron chi connectivity index (χ3n) is 6.47. The van der Waals surface area contributed by atoms with E-state index in [9.17, 15) is 4.79 Å². The van der Waals surface area contributed by atoms with Gasteiger partial charge < -0.3 is 54.3 Å². The van der Waals surface area contributed by atoms with Crippen LogP contribution >= 0.6 is 11.6 Å². The van der Waals surface area contributed by atoms with Crippen LogP contribution in [0.15, 0.2) is 30.3 Å². The van der Waals surface area contributed by atoms with Crippen LogP contribution in [0.1, 0.15) is 49.7 Å². The van der Waals surface area contributed by atoms with Crippen molar-refractivity contribution >= 4 is 62.9 Å². The normalized spacial score (nSPS) is 12.5. The second kappa shape index (κ2) is 19.5. The van der Waals surface area contributed by atoms with E-state index in [1.54, 1.807) is 31.3 Å². The molecule has 3 aromatic rings. The first kappa shape index (κ1) is 40.9. The molecule has 1 aliphatic heterocycles. The van der Waals surface area contributed by atoms with Crippen molar-refractivity contribution in [1.82, 2.24) is 4.98 Å². The van der Waals surface area contributed by atoms with Gasteiger partial charge in [0.25, 0.3) is 5.91 Å². The number of aromatic nitrogens is 1. The van der Waals surface area contributed by atoms with Gasteiger partial charge in [-0.15, -0.1) is 17.3 Å². The summed E-state index contributed by atoms with van der Waals surface area (Å²) in [6.07, 6.45) is 2.56. The third kappa shape index (κ3) is 11.3. The van der Waals surface area contributed by atoms with Gasteiger partial charge in [-0.05, 0) is 17.7 Å². The van der Waals surface area contributed by atoms with Gasteiger partial charge in [-0.2, -0.15) is 25.9 Å². The summed E-state index contributed by atoms with van der Waals surface area (Å²) in [5, 5.41) is 5.18. The fraction of sp³-hybridized carbons (Fsp3) is 0.364. The Morgan fingerprint density at radius 2 is 1.53 bits per heavy atom. The summed E-state index contributed by atoms with van der Waals surface area (Å²) in [5.41, 5.74) is 11.0. The molecule has 0 bridgehead atoms. The third-order valence-corrected chi connectivity index (χ3v) is 6.84. The molecule has 0 saturated carbocycles. The van der Waals surface area contributed by atoms with Gasteiger partial charge in [0.05, 0.1) is 26.8 Å².